The van der Waals surface area contributed by atoms with Crippen molar-refractivity contribution in [3.8, 4) is 0 Å². The Kier molecular flexibility index (Phi) is 3.27. The summed E-state index contributed by atoms with van der Waals surface area (Å²) in [4.78, 5) is 13.1. The molecule has 0 saturated carbocycles. The first-order valence-corrected chi connectivity index (χ1v) is 4.73. The minimum absolute atomic E-state index is 0.0643. The zero-order valence-electron chi connectivity index (χ0n) is 8.23. The number of hydrogen-bond acceptors (Lipinski definition) is 3. The van der Waals surface area contributed by atoms with Crippen LogP contribution in [0.15, 0.2) is 0 Å². The summed E-state index contributed by atoms with van der Waals surface area (Å²) >= 11 is 0. The summed E-state index contributed by atoms with van der Waals surface area (Å²) in [6, 6.07) is -0.461. The fraction of sp³-hybridized carbons (Fsp3) is 0.889. The molecule has 0 aliphatic carbocycles. The van der Waals surface area contributed by atoms with Gasteiger partial charge in [-0.2, -0.15) is 0 Å². The van der Waals surface area contributed by atoms with Crippen molar-refractivity contribution in [2.45, 2.75) is 32.4 Å². The second-order valence-corrected chi connectivity index (χ2v) is 4.03. The number of β-amino-alcohol motifs (C(OH)–C–C–N with tert-alkyl or cyclic N) is 1. The summed E-state index contributed by atoms with van der Waals surface area (Å²) in [7, 11) is 0. The van der Waals surface area contributed by atoms with Gasteiger partial charge in [0.25, 0.3) is 0 Å². The van der Waals surface area contributed by atoms with Gasteiger partial charge in [-0.1, -0.05) is 6.92 Å². The minimum atomic E-state index is -0.461. The highest BCUT2D eigenvalue weighted by molar-refractivity contribution is 5.81. The molecule has 1 heterocycles. The number of rotatable bonds is 1. The van der Waals surface area contributed by atoms with E-state index < -0.39 is 6.04 Å². The zero-order chi connectivity index (χ0) is 10.0. The second kappa shape index (κ2) is 4.07. The Bertz CT molecular complexity index is 184. The monoisotopic (exact) mass is 186 g/mol. The molecule has 1 aliphatic heterocycles. The van der Waals surface area contributed by atoms with Gasteiger partial charge in [0.15, 0.2) is 0 Å². The number of nitrogens with two attached hydrogens (primary N) is 1. The van der Waals surface area contributed by atoms with Crippen LogP contribution in [0.5, 0.6) is 0 Å². The summed E-state index contributed by atoms with van der Waals surface area (Å²) < 4.78 is 0. The molecule has 0 aromatic carbocycles. The average molecular weight is 186 g/mol. The molecule has 1 aliphatic rings. The predicted octanol–water partition coefficient (Wildman–Crippen LogP) is -0.437. The molecule has 3 N–H and O–H groups in total. The first-order chi connectivity index (χ1) is 6.00. The van der Waals surface area contributed by atoms with E-state index in [4.69, 9.17) is 5.73 Å². The SMILES string of the molecule is CC1CC(O)CN(C(=O)[C@@H](C)N)C1. The minimum Gasteiger partial charge on any atom is -0.391 e. The van der Waals surface area contributed by atoms with E-state index in [2.05, 4.69) is 0 Å². The van der Waals surface area contributed by atoms with Gasteiger partial charge in [0.1, 0.15) is 0 Å². The van der Waals surface area contributed by atoms with Gasteiger partial charge in [-0.05, 0) is 19.3 Å². The van der Waals surface area contributed by atoms with Crippen LogP contribution >= 0.6 is 0 Å². The summed E-state index contributed by atoms with van der Waals surface area (Å²) in [5.74, 6) is 0.303. The van der Waals surface area contributed by atoms with Gasteiger partial charge in [-0.15, -0.1) is 0 Å². The molecule has 4 heteroatoms. The largest absolute Gasteiger partial charge is 0.391 e. The van der Waals surface area contributed by atoms with E-state index in [0.29, 0.717) is 12.5 Å². The summed E-state index contributed by atoms with van der Waals surface area (Å²) in [5.41, 5.74) is 5.48. The van der Waals surface area contributed by atoms with Crippen LogP contribution < -0.4 is 5.73 Å². The highest BCUT2D eigenvalue weighted by atomic mass is 16.3. The van der Waals surface area contributed by atoms with E-state index in [9.17, 15) is 9.90 Å². The van der Waals surface area contributed by atoms with Crippen molar-refractivity contribution < 1.29 is 9.90 Å². The Balaban J connectivity index is 2.55. The first kappa shape index (κ1) is 10.5. The molecular formula is C9H18N2O2. The van der Waals surface area contributed by atoms with Crippen molar-refractivity contribution in [2.24, 2.45) is 11.7 Å². The van der Waals surface area contributed by atoms with E-state index in [1.807, 2.05) is 6.92 Å². The molecule has 13 heavy (non-hydrogen) atoms. The maximum absolute atomic E-state index is 11.5. The van der Waals surface area contributed by atoms with Crippen LogP contribution in [0, 0.1) is 5.92 Å². The molecule has 1 amide bonds. The van der Waals surface area contributed by atoms with E-state index >= 15 is 0 Å². The smallest absolute Gasteiger partial charge is 0.239 e. The molecule has 0 radical (unpaired) electrons. The van der Waals surface area contributed by atoms with Gasteiger partial charge in [-0.25, -0.2) is 0 Å². The third-order valence-electron chi connectivity index (χ3n) is 2.34. The van der Waals surface area contributed by atoms with Crippen LogP contribution in [0.25, 0.3) is 0 Å². The highest BCUT2D eigenvalue weighted by Crippen LogP contribution is 2.16. The Hall–Kier alpha value is -0.610. The van der Waals surface area contributed by atoms with Crippen molar-refractivity contribution in [1.82, 2.24) is 4.90 Å². The van der Waals surface area contributed by atoms with Crippen LogP contribution in [0.1, 0.15) is 20.3 Å². The Morgan fingerprint density at radius 3 is 2.69 bits per heavy atom. The Labute approximate surface area is 78.7 Å². The number of carbonyl (C=O) groups is 1. The molecule has 3 atom stereocenters. The Morgan fingerprint density at radius 2 is 2.23 bits per heavy atom. The lowest BCUT2D eigenvalue weighted by Crippen LogP contribution is -2.50. The molecule has 1 fully saturated rings. The van der Waals surface area contributed by atoms with E-state index in [1.54, 1.807) is 11.8 Å². The van der Waals surface area contributed by atoms with Crippen LogP contribution in [-0.4, -0.2) is 41.1 Å². The summed E-state index contributed by atoms with van der Waals surface area (Å²) in [6.45, 7) is 4.86. The molecule has 0 bridgehead atoms. The highest BCUT2D eigenvalue weighted by Gasteiger charge is 2.27. The number of amides is 1. The van der Waals surface area contributed by atoms with Crippen molar-refractivity contribution in [1.29, 1.82) is 0 Å². The number of carbonyl (C=O) groups excluding carboxylic acids is 1. The molecule has 1 saturated heterocycles. The van der Waals surface area contributed by atoms with Gasteiger partial charge < -0.3 is 15.7 Å². The third-order valence-corrected chi connectivity index (χ3v) is 2.34. The molecule has 0 spiro atoms. The zero-order valence-corrected chi connectivity index (χ0v) is 8.23. The number of aliphatic hydroxyl groups is 1. The molecule has 1 rings (SSSR count). The normalized spacial score (nSPS) is 31.5. The molecule has 0 aromatic rings. The van der Waals surface area contributed by atoms with Crippen LogP contribution in [0.3, 0.4) is 0 Å². The fourth-order valence-electron chi connectivity index (χ4n) is 1.79. The fourth-order valence-corrected chi connectivity index (χ4v) is 1.79. The van der Waals surface area contributed by atoms with Crippen molar-refractivity contribution >= 4 is 5.91 Å². The summed E-state index contributed by atoms with van der Waals surface area (Å²) in [6.07, 6.45) is 0.398. The third kappa shape index (κ3) is 2.67. The van der Waals surface area contributed by atoms with E-state index in [1.165, 1.54) is 0 Å². The molecule has 76 valence electrons. The Morgan fingerprint density at radius 1 is 1.62 bits per heavy atom. The van der Waals surface area contributed by atoms with Crippen LogP contribution in [-0.2, 0) is 4.79 Å². The molecule has 2 unspecified atom stereocenters. The second-order valence-electron chi connectivity index (χ2n) is 4.03. The van der Waals surface area contributed by atoms with Crippen molar-refractivity contribution in [2.75, 3.05) is 13.1 Å². The maximum Gasteiger partial charge on any atom is 0.239 e. The van der Waals surface area contributed by atoms with Gasteiger partial charge in [0, 0.05) is 13.1 Å². The van der Waals surface area contributed by atoms with Gasteiger partial charge in [-0.3, -0.25) is 4.79 Å². The molecule has 0 aromatic heterocycles. The van der Waals surface area contributed by atoms with Gasteiger partial charge in [0.2, 0.25) is 5.91 Å². The number of hydrogen-bond donors (Lipinski definition) is 2. The van der Waals surface area contributed by atoms with E-state index in [-0.39, 0.29) is 12.0 Å². The van der Waals surface area contributed by atoms with Gasteiger partial charge in [0.05, 0.1) is 12.1 Å². The van der Waals surface area contributed by atoms with Crippen molar-refractivity contribution in [3.05, 3.63) is 0 Å². The number of likely N-dealkylation sites (tertiary alicyclic amines) is 1. The maximum atomic E-state index is 11.5. The number of piperidine rings is 1. The van der Waals surface area contributed by atoms with Gasteiger partial charge >= 0.3 is 0 Å². The topological polar surface area (TPSA) is 66.6 Å². The molecular weight excluding hydrogens is 168 g/mol. The summed E-state index contributed by atoms with van der Waals surface area (Å²) in [5, 5.41) is 9.45. The lowest BCUT2D eigenvalue weighted by molar-refractivity contribution is -0.136. The number of aliphatic hydroxyl groups excluding tert-OH is 1. The lowest BCUT2D eigenvalue weighted by atomic mass is 9.97. The van der Waals surface area contributed by atoms with E-state index in [0.717, 1.165) is 13.0 Å². The average Bonchev–Trinajstić information content (AvgIpc) is 2.01. The lowest BCUT2D eigenvalue weighted by Gasteiger charge is -2.35. The standard InChI is InChI=1S/C9H18N2O2/c1-6-3-8(12)5-11(4-6)9(13)7(2)10/h6-8,12H,3-5,10H2,1-2H3/t6?,7-,8?/m1/s1. The van der Waals surface area contributed by atoms with Crippen molar-refractivity contribution in [3.63, 3.8) is 0 Å². The first-order valence-electron chi connectivity index (χ1n) is 4.73. The predicted molar refractivity (Wildman–Crippen MR) is 50.0 cm³/mol. The quantitative estimate of drug-likeness (QED) is 0.583. The number of nitrogens with zero attached hydrogens (tertiary/aromatic N) is 1. The van der Waals surface area contributed by atoms with Crippen LogP contribution in [0.4, 0.5) is 0 Å². The van der Waals surface area contributed by atoms with Crippen LogP contribution in [0.2, 0.25) is 0 Å². The molecule has 4 nitrogen and oxygen atoms in total.